The third-order valence-corrected chi connectivity index (χ3v) is 5.27. The van der Waals surface area contributed by atoms with Gasteiger partial charge in [0, 0.05) is 18.7 Å². The average molecular weight is 421 g/mol. The molecule has 1 fully saturated rings. The molecule has 1 aromatic heterocycles. The zero-order chi connectivity index (χ0) is 21.6. The molecular weight excluding hydrogens is 397 g/mol. The molecule has 3 aromatic rings. The highest BCUT2D eigenvalue weighted by molar-refractivity contribution is 5.92. The summed E-state index contributed by atoms with van der Waals surface area (Å²) in [7, 11) is 0. The van der Waals surface area contributed by atoms with Crippen LogP contribution in [0.3, 0.4) is 0 Å². The summed E-state index contributed by atoms with van der Waals surface area (Å²) in [6.07, 6.45) is 1.82. The summed E-state index contributed by atoms with van der Waals surface area (Å²) in [6, 6.07) is 17.0. The Bertz CT molecular complexity index is 1030. The van der Waals surface area contributed by atoms with Gasteiger partial charge in [-0.25, -0.2) is 9.37 Å². The average Bonchev–Trinajstić information content (AvgIpc) is 3.28. The first kappa shape index (κ1) is 20.8. The predicted molar refractivity (Wildman–Crippen MR) is 114 cm³/mol. The molecule has 31 heavy (non-hydrogen) atoms. The van der Waals surface area contributed by atoms with Gasteiger partial charge < -0.3 is 14.6 Å². The number of aromatic nitrogens is 1. The Morgan fingerprint density at radius 3 is 2.61 bits per heavy atom. The number of benzene rings is 2. The molecule has 0 aliphatic carbocycles. The molecule has 0 spiro atoms. The van der Waals surface area contributed by atoms with Gasteiger partial charge in [-0.05, 0) is 36.1 Å². The van der Waals surface area contributed by atoms with Gasteiger partial charge in [-0.15, -0.1) is 0 Å². The molecule has 2 heterocycles. The number of alkyl halides is 1. The number of halogens is 1. The lowest BCUT2D eigenvalue weighted by atomic mass is 10.1. The number of nitrogens with zero attached hydrogens (tertiary/aromatic N) is 2. The third-order valence-electron chi connectivity index (χ3n) is 5.27. The summed E-state index contributed by atoms with van der Waals surface area (Å²) in [5.74, 6) is -0.0220. The molecule has 2 amide bonds. The number of carbonyl (C=O) groups is 2. The maximum Gasteiger partial charge on any atom is 0.275 e. The van der Waals surface area contributed by atoms with E-state index < -0.39 is 6.17 Å². The van der Waals surface area contributed by atoms with E-state index in [-0.39, 0.29) is 24.1 Å². The zero-order valence-electron chi connectivity index (χ0n) is 17.1. The van der Waals surface area contributed by atoms with E-state index in [1.807, 2.05) is 54.6 Å². The smallest absolute Gasteiger partial charge is 0.275 e. The van der Waals surface area contributed by atoms with Crippen LogP contribution in [0, 0.1) is 0 Å². The number of rotatable bonds is 6. The second-order valence-corrected chi connectivity index (χ2v) is 7.66. The maximum absolute atomic E-state index is 13.6. The normalized spacial score (nSPS) is 16.2. The number of amides is 2. The van der Waals surface area contributed by atoms with Crippen molar-refractivity contribution >= 4 is 11.8 Å². The van der Waals surface area contributed by atoms with Crippen LogP contribution in [0.1, 0.15) is 34.5 Å². The van der Waals surface area contributed by atoms with Crippen LogP contribution < -0.4 is 5.32 Å². The van der Waals surface area contributed by atoms with Gasteiger partial charge in [0.15, 0.2) is 5.69 Å². The van der Waals surface area contributed by atoms with Crippen LogP contribution >= 0.6 is 0 Å². The van der Waals surface area contributed by atoms with Gasteiger partial charge in [-0.2, -0.15) is 0 Å². The van der Waals surface area contributed by atoms with Crippen molar-refractivity contribution in [3.8, 4) is 11.5 Å². The van der Waals surface area contributed by atoms with Crippen molar-refractivity contribution in [1.29, 1.82) is 0 Å². The SMILES string of the molecule is O=C(Cc1ccccc1)NCc1ccc(-c2nc(C(=O)N3CCCC(F)C3)co2)cc1. The maximum atomic E-state index is 13.6. The molecule has 1 saturated heterocycles. The van der Waals surface area contributed by atoms with E-state index in [4.69, 9.17) is 4.42 Å². The Balaban J connectivity index is 1.33. The molecule has 0 bridgehead atoms. The first-order valence-electron chi connectivity index (χ1n) is 10.4. The monoisotopic (exact) mass is 421 g/mol. The van der Waals surface area contributed by atoms with Crippen molar-refractivity contribution in [1.82, 2.24) is 15.2 Å². The van der Waals surface area contributed by atoms with Crippen molar-refractivity contribution in [2.75, 3.05) is 13.1 Å². The Kier molecular flexibility index (Phi) is 6.40. The number of likely N-dealkylation sites (tertiary alicyclic amines) is 1. The summed E-state index contributed by atoms with van der Waals surface area (Å²) < 4.78 is 19.0. The molecular formula is C24H24FN3O3. The Hall–Kier alpha value is -3.48. The fourth-order valence-electron chi connectivity index (χ4n) is 3.59. The molecule has 1 atom stereocenters. The van der Waals surface area contributed by atoms with Gasteiger partial charge in [0.05, 0.1) is 13.0 Å². The topological polar surface area (TPSA) is 75.4 Å². The quantitative estimate of drug-likeness (QED) is 0.657. The highest BCUT2D eigenvalue weighted by Crippen LogP contribution is 2.21. The number of oxazole rings is 1. The van der Waals surface area contributed by atoms with Crippen LogP contribution in [0.5, 0.6) is 0 Å². The fourth-order valence-corrected chi connectivity index (χ4v) is 3.59. The standard InChI is InChI=1S/C24H24FN3O3/c25-20-7-4-12-28(15-20)24(30)21-16-31-23(27-21)19-10-8-18(9-11-19)14-26-22(29)13-17-5-2-1-3-6-17/h1-3,5-6,8-11,16,20H,4,7,12-15H2,(H,26,29). The van der Waals surface area contributed by atoms with Gasteiger partial charge in [-0.3, -0.25) is 9.59 Å². The van der Waals surface area contributed by atoms with Gasteiger partial charge in [0.25, 0.3) is 5.91 Å². The van der Waals surface area contributed by atoms with Gasteiger partial charge >= 0.3 is 0 Å². The first-order chi connectivity index (χ1) is 15.1. The highest BCUT2D eigenvalue weighted by Gasteiger charge is 2.26. The number of hydrogen-bond acceptors (Lipinski definition) is 4. The minimum absolute atomic E-state index is 0.0423. The Morgan fingerprint density at radius 1 is 1.10 bits per heavy atom. The predicted octanol–water partition coefficient (Wildman–Crippen LogP) is 3.77. The number of carbonyl (C=O) groups excluding carboxylic acids is 2. The number of nitrogens with one attached hydrogen (secondary N) is 1. The van der Waals surface area contributed by atoms with Crippen LogP contribution in [-0.4, -0.2) is 41.0 Å². The molecule has 0 radical (unpaired) electrons. The van der Waals surface area contributed by atoms with Crippen LogP contribution in [0.15, 0.2) is 65.3 Å². The lowest BCUT2D eigenvalue weighted by Crippen LogP contribution is -2.40. The lowest BCUT2D eigenvalue weighted by molar-refractivity contribution is -0.120. The van der Waals surface area contributed by atoms with E-state index in [9.17, 15) is 14.0 Å². The van der Waals surface area contributed by atoms with Crippen molar-refractivity contribution in [3.05, 3.63) is 77.7 Å². The minimum atomic E-state index is -0.982. The van der Waals surface area contributed by atoms with Gasteiger partial charge in [0.1, 0.15) is 12.4 Å². The van der Waals surface area contributed by atoms with Gasteiger partial charge in [-0.1, -0.05) is 42.5 Å². The van der Waals surface area contributed by atoms with Crippen molar-refractivity contribution in [2.45, 2.75) is 32.0 Å². The molecule has 7 heteroatoms. The summed E-state index contributed by atoms with van der Waals surface area (Å²) in [5.41, 5.74) is 2.81. The molecule has 1 aliphatic rings. The van der Waals surface area contributed by atoms with E-state index >= 15 is 0 Å². The fraction of sp³-hybridized carbons (Fsp3) is 0.292. The molecule has 2 aromatic carbocycles. The van der Waals surface area contributed by atoms with Gasteiger partial charge in [0.2, 0.25) is 11.8 Å². The molecule has 160 valence electrons. The van der Waals surface area contributed by atoms with Crippen molar-refractivity contribution in [3.63, 3.8) is 0 Å². The van der Waals surface area contributed by atoms with Crippen LogP contribution in [0.4, 0.5) is 4.39 Å². The Morgan fingerprint density at radius 2 is 1.87 bits per heavy atom. The third kappa shape index (κ3) is 5.36. The van der Waals surface area contributed by atoms with Crippen molar-refractivity contribution in [2.24, 2.45) is 0 Å². The summed E-state index contributed by atoms with van der Waals surface area (Å²) in [5, 5.41) is 2.91. The lowest BCUT2D eigenvalue weighted by Gasteiger charge is -2.28. The second-order valence-electron chi connectivity index (χ2n) is 7.66. The number of piperidine rings is 1. The van der Waals surface area contributed by atoms with E-state index in [1.165, 1.54) is 11.2 Å². The minimum Gasteiger partial charge on any atom is -0.444 e. The number of hydrogen-bond donors (Lipinski definition) is 1. The summed E-state index contributed by atoms with van der Waals surface area (Å²) in [6.45, 7) is 1.05. The largest absolute Gasteiger partial charge is 0.444 e. The molecule has 4 rings (SSSR count). The van der Waals surface area contributed by atoms with Crippen LogP contribution in [-0.2, 0) is 17.8 Å². The zero-order valence-corrected chi connectivity index (χ0v) is 17.1. The van der Waals surface area contributed by atoms with E-state index in [2.05, 4.69) is 10.3 Å². The van der Waals surface area contributed by atoms with E-state index in [0.29, 0.717) is 38.2 Å². The van der Waals surface area contributed by atoms with Crippen molar-refractivity contribution < 1.29 is 18.4 Å². The second kappa shape index (κ2) is 9.55. The van der Waals surface area contributed by atoms with E-state index in [0.717, 1.165) is 16.7 Å². The summed E-state index contributed by atoms with van der Waals surface area (Å²) in [4.78, 5) is 30.4. The summed E-state index contributed by atoms with van der Waals surface area (Å²) >= 11 is 0. The molecule has 6 nitrogen and oxygen atoms in total. The molecule has 0 saturated carbocycles. The molecule has 1 N–H and O–H groups in total. The van der Waals surface area contributed by atoms with Crippen LogP contribution in [0.25, 0.3) is 11.5 Å². The first-order valence-corrected chi connectivity index (χ1v) is 10.4. The molecule has 1 aliphatic heterocycles. The van der Waals surface area contributed by atoms with E-state index in [1.54, 1.807) is 0 Å². The Labute approximate surface area is 180 Å². The van der Waals surface area contributed by atoms with Crippen LogP contribution in [0.2, 0.25) is 0 Å². The highest BCUT2D eigenvalue weighted by atomic mass is 19.1. The molecule has 1 unspecified atom stereocenters.